The molecule has 0 aliphatic carbocycles. The molecule has 0 radical (unpaired) electrons. The first-order valence-corrected chi connectivity index (χ1v) is 9.24. The summed E-state index contributed by atoms with van der Waals surface area (Å²) in [7, 11) is 3.12. The third-order valence-electron chi connectivity index (χ3n) is 5.07. The number of hydrogen-bond donors (Lipinski definition) is 1. The number of amides is 1. The number of rotatable bonds is 7. The van der Waals surface area contributed by atoms with E-state index in [0.29, 0.717) is 31.5 Å². The Morgan fingerprint density at radius 2 is 1.96 bits per heavy atom. The second-order valence-electron chi connectivity index (χ2n) is 6.73. The molecule has 0 spiro atoms. The van der Waals surface area contributed by atoms with E-state index in [1.165, 1.54) is 7.11 Å². The minimum Gasteiger partial charge on any atom is -0.497 e. The van der Waals surface area contributed by atoms with Gasteiger partial charge in [0.1, 0.15) is 11.9 Å². The molecule has 1 aliphatic rings. The Kier molecular flexibility index (Phi) is 5.99. The van der Waals surface area contributed by atoms with Crippen LogP contribution >= 0.6 is 0 Å². The molecule has 1 amide bonds. The summed E-state index contributed by atoms with van der Waals surface area (Å²) >= 11 is 0. The van der Waals surface area contributed by atoms with Crippen molar-refractivity contribution in [1.82, 2.24) is 14.7 Å². The third-order valence-corrected chi connectivity index (χ3v) is 5.07. The maximum atomic E-state index is 12.6. The van der Waals surface area contributed by atoms with Crippen LogP contribution in [0.3, 0.4) is 0 Å². The fourth-order valence-corrected chi connectivity index (χ4v) is 3.53. The third kappa shape index (κ3) is 3.87. The highest BCUT2D eigenvalue weighted by molar-refractivity contribution is 5.88. The van der Waals surface area contributed by atoms with E-state index in [2.05, 4.69) is 5.10 Å². The molecular formula is C20H25N3O5. The zero-order valence-electron chi connectivity index (χ0n) is 16.3. The molecule has 0 bridgehead atoms. The fourth-order valence-electron chi connectivity index (χ4n) is 3.53. The summed E-state index contributed by atoms with van der Waals surface area (Å²) < 4.78 is 12.1. The molecule has 0 saturated carbocycles. The topological polar surface area (TPSA) is 93.9 Å². The molecule has 1 aromatic carbocycles. The van der Waals surface area contributed by atoms with Gasteiger partial charge in [0.15, 0.2) is 5.69 Å². The summed E-state index contributed by atoms with van der Waals surface area (Å²) in [6, 6.07) is 7.58. The number of ether oxygens (including phenoxy) is 2. The first kappa shape index (κ1) is 19.9. The highest BCUT2D eigenvalue weighted by Gasteiger charge is 2.32. The predicted molar refractivity (Wildman–Crippen MR) is 101 cm³/mol. The van der Waals surface area contributed by atoms with Gasteiger partial charge in [0.25, 0.3) is 5.91 Å². The van der Waals surface area contributed by atoms with Crippen molar-refractivity contribution in [3.8, 4) is 5.75 Å². The molecule has 1 aliphatic heterocycles. The van der Waals surface area contributed by atoms with Crippen molar-refractivity contribution in [2.75, 3.05) is 20.8 Å². The monoisotopic (exact) mass is 387 g/mol. The minimum absolute atomic E-state index is 0.00600. The quantitative estimate of drug-likeness (QED) is 0.780. The lowest BCUT2D eigenvalue weighted by atomic mass is 10.0. The van der Waals surface area contributed by atoms with Crippen molar-refractivity contribution in [3.63, 3.8) is 0 Å². The van der Waals surface area contributed by atoms with Crippen LogP contribution in [0.25, 0.3) is 0 Å². The first-order valence-electron chi connectivity index (χ1n) is 9.24. The van der Waals surface area contributed by atoms with E-state index in [4.69, 9.17) is 9.47 Å². The molecule has 0 fully saturated rings. The second kappa shape index (κ2) is 8.43. The Bertz CT molecular complexity index is 855. The first-order chi connectivity index (χ1) is 13.5. The number of nitrogens with zero attached hydrogens (tertiary/aromatic N) is 3. The number of fused-ring (bicyclic) bond motifs is 1. The van der Waals surface area contributed by atoms with Gasteiger partial charge >= 0.3 is 5.97 Å². The molecule has 1 atom stereocenters. The molecule has 150 valence electrons. The van der Waals surface area contributed by atoms with Gasteiger partial charge in [-0.3, -0.25) is 9.48 Å². The number of hydrogen-bond acceptors (Lipinski definition) is 5. The van der Waals surface area contributed by atoms with Crippen molar-refractivity contribution in [1.29, 1.82) is 0 Å². The van der Waals surface area contributed by atoms with Crippen LogP contribution < -0.4 is 4.74 Å². The van der Waals surface area contributed by atoms with Gasteiger partial charge in [-0.25, -0.2) is 4.79 Å². The van der Waals surface area contributed by atoms with Crippen LogP contribution in [0.2, 0.25) is 0 Å². The number of carbonyl (C=O) groups excluding carboxylic acids is 1. The summed E-state index contributed by atoms with van der Waals surface area (Å²) in [5.41, 5.74) is 2.47. The van der Waals surface area contributed by atoms with E-state index in [-0.39, 0.29) is 18.1 Å². The minimum atomic E-state index is -1.09. The van der Waals surface area contributed by atoms with E-state index in [1.807, 2.05) is 31.2 Å². The maximum Gasteiger partial charge on any atom is 0.356 e. The van der Waals surface area contributed by atoms with Gasteiger partial charge in [0, 0.05) is 37.9 Å². The van der Waals surface area contributed by atoms with E-state index in [0.717, 1.165) is 17.0 Å². The van der Waals surface area contributed by atoms with Crippen LogP contribution in [0.4, 0.5) is 0 Å². The van der Waals surface area contributed by atoms with Gasteiger partial charge < -0.3 is 19.5 Å². The number of aromatic nitrogens is 2. The number of carboxylic acid groups (broad SMARTS) is 1. The number of methoxy groups -OCH3 is 2. The SMILES string of the molecule is CC[C@H](OC)C(=O)N1CCc2c(c(C(=O)O)nn2Cc2ccc(OC)cc2)C1. The summed E-state index contributed by atoms with van der Waals surface area (Å²) in [6.07, 6.45) is 0.614. The Morgan fingerprint density at radius 3 is 2.54 bits per heavy atom. The highest BCUT2D eigenvalue weighted by atomic mass is 16.5. The lowest BCUT2D eigenvalue weighted by Gasteiger charge is -2.30. The van der Waals surface area contributed by atoms with E-state index in [9.17, 15) is 14.7 Å². The average molecular weight is 387 g/mol. The Balaban J connectivity index is 1.87. The molecule has 3 rings (SSSR count). The van der Waals surface area contributed by atoms with Crippen LogP contribution in [0.1, 0.15) is 40.7 Å². The molecule has 1 N–H and O–H groups in total. The number of carboxylic acids is 1. The van der Waals surface area contributed by atoms with Gasteiger partial charge in [0.2, 0.25) is 0 Å². The molecule has 8 nitrogen and oxygen atoms in total. The summed E-state index contributed by atoms with van der Waals surface area (Å²) in [5.74, 6) is -0.442. The molecule has 1 aromatic heterocycles. The highest BCUT2D eigenvalue weighted by Crippen LogP contribution is 2.25. The van der Waals surface area contributed by atoms with Crippen LogP contribution in [0, 0.1) is 0 Å². The van der Waals surface area contributed by atoms with Gasteiger partial charge in [-0.1, -0.05) is 19.1 Å². The molecule has 2 aromatic rings. The standard InChI is InChI=1S/C20H25N3O5/c1-4-17(28-3)19(24)22-10-9-16-15(12-22)18(20(25)26)21-23(16)11-13-5-7-14(27-2)8-6-13/h5-8,17H,4,9-12H2,1-3H3,(H,25,26)/t17-/m0/s1. The van der Waals surface area contributed by atoms with Gasteiger partial charge in [-0.05, 0) is 24.1 Å². The van der Waals surface area contributed by atoms with Crippen LogP contribution in [0.15, 0.2) is 24.3 Å². The maximum absolute atomic E-state index is 12.6. The lowest BCUT2D eigenvalue weighted by Crippen LogP contribution is -2.43. The molecular weight excluding hydrogens is 362 g/mol. The summed E-state index contributed by atoms with van der Waals surface area (Å²) in [5, 5.41) is 13.9. The summed E-state index contributed by atoms with van der Waals surface area (Å²) in [4.78, 5) is 26.0. The fraction of sp³-hybridized carbons (Fsp3) is 0.450. The molecule has 28 heavy (non-hydrogen) atoms. The molecule has 8 heteroatoms. The lowest BCUT2D eigenvalue weighted by molar-refractivity contribution is -0.143. The van der Waals surface area contributed by atoms with Crippen molar-refractivity contribution < 1.29 is 24.2 Å². The zero-order chi connectivity index (χ0) is 20.3. The number of benzene rings is 1. The smallest absolute Gasteiger partial charge is 0.356 e. The van der Waals surface area contributed by atoms with Crippen molar-refractivity contribution in [2.45, 2.75) is 39.0 Å². The van der Waals surface area contributed by atoms with E-state index >= 15 is 0 Å². The van der Waals surface area contributed by atoms with Crippen LogP contribution in [-0.2, 0) is 29.0 Å². The molecule has 2 heterocycles. The Labute approximate surface area is 163 Å². The summed E-state index contributed by atoms with van der Waals surface area (Å²) in [6.45, 7) is 3.09. The van der Waals surface area contributed by atoms with Gasteiger partial charge in [-0.15, -0.1) is 0 Å². The second-order valence-corrected chi connectivity index (χ2v) is 6.73. The average Bonchev–Trinajstić information content (AvgIpc) is 3.07. The molecule has 0 saturated heterocycles. The number of carbonyl (C=O) groups is 2. The van der Waals surface area contributed by atoms with Crippen LogP contribution in [-0.4, -0.2) is 58.5 Å². The van der Waals surface area contributed by atoms with Gasteiger partial charge in [-0.2, -0.15) is 5.10 Å². The predicted octanol–water partition coefficient (Wildman–Crippen LogP) is 1.95. The zero-order valence-corrected chi connectivity index (χ0v) is 16.3. The van der Waals surface area contributed by atoms with Crippen molar-refractivity contribution in [2.24, 2.45) is 0 Å². The van der Waals surface area contributed by atoms with Gasteiger partial charge in [0.05, 0.1) is 13.7 Å². The normalized spacial score (nSPS) is 14.5. The van der Waals surface area contributed by atoms with Crippen molar-refractivity contribution in [3.05, 3.63) is 46.8 Å². The largest absolute Gasteiger partial charge is 0.497 e. The Hall–Kier alpha value is -2.87. The van der Waals surface area contributed by atoms with E-state index < -0.39 is 12.1 Å². The van der Waals surface area contributed by atoms with Crippen LogP contribution in [0.5, 0.6) is 5.75 Å². The van der Waals surface area contributed by atoms with E-state index in [1.54, 1.807) is 16.7 Å². The number of aromatic carboxylic acids is 1. The van der Waals surface area contributed by atoms with Crippen molar-refractivity contribution >= 4 is 11.9 Å². The Morgan fingerprint density at radius 1 is 1.25 bits per heavy atom. The molecule has 0 unspecified atom stereocenters.